The van der Waals surface area contributed by atoms with E-state index in [9.17, 15) is 14.4 Å². The van der Waals surface area contributed by atoms with Gasteiger partial charge in [-0.15, -0.1) is 0 Å². The van der Waals surface area contributed by atoms with Crippen LogP contribution < -0.4 is 11.2 Å². The van der Waals surface area contributed by atoms with Gasteiger partial charge in [0.1, 0.15) is 11.3 Å². The van der Waals surface area contributed by atoms with Crippen molar-refractivity contribution in [3.8, 4) is 0 Å². The first-order valence-electron chi connectivity index (χ1n) is 6.42. The molecule has 0 aliphatic carbocycles. The number of hydrogen-bond acceptors (Lipinski definition) is 5. The van der Waals surface area contributed by atoms with Gasteiger partial charge in [-0.1, -0.05) is 0 Å². The van der Waals surface area contributed by atoms with Crippen molar-refractivity contribution in [2.75, 3.05) is 13.7 Å². The molecule has 2 rings (SSSR count). The second kappa shape index (κ2) is 5.57. The van der Waals surface area contributed by atoms with Crippen molar-refractivity contribution in [3.05, 3.63) is 32.6 Å². The van der Waals surface area contributed by atoms with Gasteiger partial charge < -0.3 is 14.4 Å². The van der Waals surface area contributed by atoms with Crippen molar-refractivity contribution in [2.45, 2.75) is 13.0 Å². The lowest BCUT2D eigenvalue weighted by atomic mass is 10.3. The van der Waals surface area contributed by atoms with Gasteiger partial charge in [-0.3, -0.25) is 13.9 Å². The van der Waals surface area contributed by atoms with E-state index >= 15 is 0 Å². The molecule has 2 aromatic rings. The lowest BCUT2D eigenvalue weighted by Crippen LogP contribution is -2.37. The Morgan fingerprint density at radius 1 is 1.29 bits per heavy atom. The third kappa shape index (κ3) is 2.27. The van der Waals surface area contributed by atoms with E-state index in [0.29, 0.717) is 18.6 Å². The maximum atomic E-state index is 12.2. The number of rotatable bonds is 4. The van der Waals surface area contributed by atoms with E-state index in [4.69, 9.17) is 9.84 Å². The lowest BCUT2D eigenvalue weighted by molar-refractivity contribution is 0.0588. The number of carbonyl (C=O) groups is 1. The van der Waals surface area contributed by atoms with Gasteiger partial charge in [0.2, 0.25) is 0 Å². The van der Waals surface area contributed by atoms with E-state index in [0.717, 1.165) is 4.57 Å². The molecule has 2 heterocycles. The molecule has 1 N–H and O–H groups in total. The summed E-state index contributed by atoms with van der Waals surface area (Å²) in [6.07, 6.45) is 0.386. The number of esters is 1. The van der Waals surface area contributed by atoms with Crippen LogP contribution in [0.5, 0.6) is 0 Å². The summed E-state index contributed by atoms with van der Waals surface area (Å²) < 4.78 is 8.53. The molecular formula is C13H17N3O5. The van der Waals surface area contributed by atoms with Gasteiger partial charge in [0.25, 0.3) is 5.56 Å². The highest BCUT2D eigenvalue weighted by atomic mass is 16.5. The molecule has 0 bridgehead atoms. The minimum Gasteiger partial charge on any atom is -0.464 e. The fraction of sp³-hybridized carbons (Fsp3) is 0.462. The molecule has 8 heteroatoms. The van der Waals surface area contributed by atoms with Crippen LogP contribution in [0.4, 0.5) is 0 Å². The van der Waals surface area contributed by atoms with E-state index < -0.39 is 17.2 Å². The number of aliphatic hydroxyl groups excluding tert-OH is 1. The van der Waals surface area contributed by atoms with Gasteiger partial charge >= 0.3 is 11.7 Å². The van der Waals surface area contributed by atoms with E-state index in [1.807, 2.05) is 0 Å². The fourth-order valence-electron chi connectivity index (χ4n) is 2.37. The summed E-state index contributed by atoms with van der Waals surface area (Å²) in [6.45, 7) is 0.226. The third-order valence-corrected chi connectivity index (χ3v) is 3.43. The molecule has 0 radical (unpaired) electrons. The van der Waals surface area contributed by atoms with Crippen molar-refractivity contribution in [2.24, 2.45) is 14.1 Å². The lowest BCUT2D eigenvalue weighted by Gasteiger charge is -2.11. The van der Waals surface area contributed by atoms with Crippen molar-refractivity contribution < 1.29 is 14.6 Å². The Morgan fingerprint density at radius 3 is 2.52 bits per heavy atom. The van der Waals surface area contributed by atoms with Gasteiger partial charge in [-0.2, -0.15) is 0 Å². The average Bonchev–Trinajstić information content (AvgIpc) is 2.87. The monoisotopic (exact) mass is 295 g/mol. The zero-order chi connectivity index (χ0) is 15.7. The summed E-state index contributed by atoms with van der Waals surface area (Å²) in [4.78, 5) is 36.1. The van der Waals surface area contributed by atoms with E-state index in [-0.39, 0.29) is 17.7 Å². The molecular weight excluding hydrogens is 278 g/mol. The fourth-order valence-corrected chi connectivity index (χ4v) is 2.37. The molecule has 0 aliphatic heterocycles. The third-order valence-electron chi connectivity index (χ3n) is 3.43. The second-order valence-corrected chi connectivity index (χ2v) is 4.69. The first-order chi connectivity index (χ1) is 9.93. The van der Waals surface area contributed by atoms with Gasteiger partial charge in [-0.05, 0) is 12.5 Å². The minimum atomic E-state index is -0.598. The van der Waals surface area contributed by atoms with E-state index in [1.54, 1.807) is 0 Å². The van der Waals surface area contributed by atoms with Crippen molar-refractivity contribution >= 4 is 17.0 Å². The number of nitrogens with zero attached hydrogens (tertiary/aromatic N) is 3. The summed E-state index contributed by atoms with van der Waals surface area (Å²) in [6, 6.07) is 1.42. The molecule has 0 aliphatic rings. The summed E-state index contributed by atoms with van der Waals surface area (Å²) in [5, 5.41) is 9.24. The highest BCUT2D eigenvalue weighted by Crippen LogP contribution is 2.17. The zero-order valence-corrected chi connectivity index (χ0v) is 12.1. The SMILES string of the molecule is COC(=O)c1cc2c(=O)n(C)c(=O)n(C)c2n1CCCO. The molecule has 114 valence electrons. The number of carbonyl (C=O) groups excluding carboxylic acids is 1. The Morgan fingerprint density at radius 2 is 1.95 bits per heavy atom. The minimum absolute atomic E-state index is 0.0704. The summed E-state index contributed by atoms with van der Waals surface area (Å²) in [7, 11) is 4.15. The molecule has 0 aromatic carbocycles. The summed E-state index contributed by atoms with van der Waals surface area (Å²) in [5.74, 6) is -0.598. The van der Waals surface area contributed by atoms with Crippen LogP contribution in [-0.2, 0) is 25.4 Å². The Labute approximate surface area is 119 Å². The highest BCUT2D eigenvalue weighted by Gasteiger charge is 2.21. The van der Waals surface area contributed by atoms with Gasteiger partial charge in [0.15, 0.2) is 0 Å². The zero-order valence-electron chi connectivity index (χ0n) is 12.1. The molecule has 0 saturated heterocycles. The number of fused-ring (bicyclic) bond motifs is 1. The molecule has 21 heavy (non-hydrogen) atoms. The predicted molar refractivity (Wildman–Crippen MR) is 75.5 cm³/mol. The quantitative estimate of drug-likeness (QED) is 0.746. The molecule has 0 fully saturated rings. The predicted octanol–water partition coefficient (Wildman–Crippen LogP) is -0.792. The normalized spacial score (nSPS) is 11.0. The molecule has 0 saturated carbocycles. The number of aryl methyl sites for hydroxylation is 2. The summed E-state index contributed by atoms with van der Waals surface area (Å²) in [5.41, 5.74) is -0.426. The molecule has 2 aromatic heterocycles. The van der Waals surface area contributed by atoms with Crippen LogP contribution in [0.3, 0.4) is 0 Å². The molecule has 0 spiro atoms. The van der Waals surface area contributed by atoms with Crippen molar-refractivity contribution in [1.82, 2.24) is 13.7 Å². The first-order valence-corrected chi connectivity index (χ1v) is 6.42. The average molecular weight is 295 g/mol. The van der Waals surface area contributed by atoms with Crippen molar-refractivity contribution in [3.63, 3.8) is 0 Å². The van der Waals surface area contributed by atoms with Gasteiger partial charge in [0.05, 0.1) is 12.5 Å². The molecule has 0 atom stereocenters. The Balaban J connectivity index is 2.90. The standard InChI is InChI=1S/C13H17N3O5/c1-14-10-8(11(18)15(2)13(14)20)7-9(12(19)21-3)16(10)5-4-6-17/h7,17H,4-6H2,1-3H3. The molecule has 0 amide bonds. The Kier molecular flexibility index (Phi) is 3.99. The van der Waals surface area contributed by atoms with Crippen LogP contribution in [0.2, 0.25) is 0 Å². The number of ether oxygens (including phenoxy) is 1. The van der Waals surface area contributed by atoms with Crippen LogP contribution in [0.25, 0.3) is 11.0 Å². The largest absolute Gasteiger partial charge is 0.464 e. The van der Waals surface area contributed by atoms with Crippen LogP contribution in [-0.4, -0.2) is 38.5 Å². The maximum Gasteiger partial charge on any atom is 0.354 e. The molecule has 0 unspecified atom stereocenters. The Hall–Kier alpha value is -2.35. The van der Waals surface area contributed by atoms with Crippen LogP contribution in [0.1, 0.15) is 16.9 Å². The van der Waals surface area contributed by atoms with Crippen molar-refractivity contribution in [1.29, 1.82) is 0 Å². The van der Waals surface area contributed by atoms with Crippen LogP contribution >= 0.6 is 0 Å². The van der Waals surface area contributed by atoms with Crippen LogP contribution in [0, 0.1) is 0 Å². The number of aromatic nitrogens is 3. The second-order valence-electron chi connectivity index (χ2n) is 4.69. The number of methoxy groups -OCH3 is 1. The topological polar surface area (TPSA) is 95.5 Å². The van der Waals surface area contributed by atoms with Crippen LogP contribution in [0.15, 0.2) is 15.7 Å². The van der Waals surface area contributed by atoms with E-state index in [2.05, 4.69) is 0 Å². The molecule has 8 nitrogen and oxygen atoms in total. The maximum absolute atomic E-state index is 12.2. The summed E-state index contributed by atoms with van der Waals surface area (Å²) >= 11 is 0. The number of hydrogen-bond donors (Lipinski definition) is 1. The number of aliphatic hydroxyl groups is 1. The highest BCUT2D eigenvalue weighted by molar-refractivity contribution is 5.94. The van der Waals surface area contributed by atoms with E-state index in [1.165, 1.54) is 36.4 Å². The smallest absolute Gasteiger partial charge is 0.354 e. The van der Waals surface area contributed by atoms with Gasteiger partial charge in [-0.25, -0.2) is 9.59 Å². The Bertz CT molecular complexity index is 812. The first kappa shape index (κ1) is 15.0. The van der Waals surface area contributed by atoms with Gasteiger partial charge in [0, 0.05) is 27.2 Å².